The van der Waals surface area contributed by atoms with E-state index >= 15 is 0 Å². The zero-order valence-corrected chi connectivity index (χ0v) is 10.6. The molecule has 0 amide bonds. The number of β-amino-alcohol motifs (C(OH)–C–C–N with tert-alkyl or cyclic N) is 1. The molecular formula is C14H20N2O. The third kappa shape index (κ3) is 1.69. The van der Waals surface area contributed by atoms with Gasteiger partial charge in [-0.25, -0.2) is 0 Å². The van der Waals surface area contributed by atoms with Gasteiger partial charge in [-0.2, -0.15) is 0 Å². The standard InChI is InChI=1S/C14H20N2O/c1-10-8-14(17,9-16(10)2)12-6-5-11-4-3-7-15-13(11)12/h3-4,7,10,12,17H,5-6,8-9H2,1-2H3. The Hall–Kier alpha value is -0.930. The number of aryl methyl sites for hydroxylation is 1. The van der Waals surface area contributed by atoms with E-state index < -0.39 is 5.60 Å². The molecule has 3 heteroatoms. The van der Waals surface area contributed by atoms with E-state index in [1.54, 1.807) is 0 Å². The zero-order valence-electron chi connectivity index (χ0n) is 10.6. The first-order valence-electron chi connectivity index (χ1n) is 6.46. The second-order valence-corrected chi connectivity index (χ2v) is 5.71. The molecule has 1 N–H and O–H groups in total. The summed E-state index contributed by atoms with van der Waals surface area (Å²) in [7, 11) is 2.09. The summed E-state index contributed by atoms with van der Waals surface area (Å²) in [6.07, 6.45) is 4.82. The van der Waals surface area contributed by atoms with Gasteiger partial charge in [-0.3, -0.25) is 4.98 Å². The third-order valence-electron chi connectivity index (χ3n) is 4.53. The van der Waals surface area contributed by atoms with Crippen LogP contribution in [-0.2, 0) is 6.42 Å². The van der Waals surface area contributed by atoms with E-state index in [9.17, 15) is 5.11 Å². The van der Waals surface area contributed by atoms with Crippen LogP contribution in [0.1, 0.15) is 36.9 Å². The van der Waals surface area contributed by atoms with Crippen LogP contribution in [-0.4, -0.2) is 40.2 Å². The fraction of sp³-hybridized carbons (Fsp3) is 0.643. The van der Waals surface area contributed by atoms with Crippen molar-refractivity contribution in [3.63, 3.8) is 0 Å². The molecule has 3 atom stereocenters. The van der Waals surface area contributed by atoms with Gasteiger partial charge in [0.2, 0.25) is 0 Å². The van der Waals surface area contributed by atoms with E-state index in [4.69, 9.17) is 0 Å². The Morgan fingerprint density at radius 1 is 1.53 bits per heavy atom. The summed E-state index contributed by atoms with van der Waals surface area (Å²) < 4.78 is 0. The third-order valence-corrected chi connectivity index (χ3v) is 4.53. The molecule has 2 heterocycles. The smallest absolute Gasteiger partial charge is 0.0872 e. The summed E-state index contributed by atoms with van der Waals surface area (Å²) in [5.74, 6) is 0.228. The lowest BCUT2D eigenvalue weighted by Crippen LogP contribution is -2.38. The Bertz CT molecular complexity index is 422. The van der Waals surface area contributed by atoms with Crippen LogP contribution in [0.3, 0.4) is 0 Å². The second kappa shape index (κ2) is 3.79. The van der Waals surface area contributed by atoms with Crippen LogP contribution < -0.4 is 0 Å². The van der Waals surface area contributed by atoms with Crippen LogP contribution in [0.25, 0.3) is 0 Å². The molecule has 0 radical (unpaired) electrons. The van der Waals surface area contributed by atoms with Crippen molar-refractivity contribution in [3.8, 4) is 0 Å². The number of likely N-dealkylation sites (N-methyl/N-ethyl adjacent to an activating group) is 1. The second-order valence-electron chi connectivity index (χ2n) is 5.71. The maximum atomic E-state index is 10.9. The van der Waals surface area contributed by atoms with E-state index in [1.165, 1.54) is 5.56 Å². The van der Waals surface area contributed by atoms with Crippen molar-refractivity contribution in [1.29, 1.82) is 0 Å². The van der Waals surface area contributed by atoms with Crippen LogP contribution in [0.5, 0.6) is 0 Å². The highest BCUT2D eigenvalue weighted by Crippen LogP contribution is 2.44. The number of aliphatic hydroxyl groups is 1. The molecule has 0 saturated carbocycles. The number of fused-ring (bicyclic) bond motifs is 1. The molecule has 17 heavy (non-hydrogen) atoms. The van der Waals surface area contributed by atoms with Gasteiger partial charge >= 0.3 is 0 Å². The Kier molecular flexibility index (Phi) is 2.49. The predicted molar refractivity (Wildman–Crippen MR) is 67.0 cm³/mol. The molecule has 0 aromatic carbocycles. The highest BCUT2D eigenvalue weighted by Gasteiger charge is 2.48. The number of pyridine rings is 1. The summed E-state index contributed by atoms with van der Waals surface area (Å²) in [5.41, 5.74) is 1.89. The van der Waals surface area contributed by atoms with Crippen molar-refractivity contribution in [2.45, 2.75) is 43.7 Å². The summed E-state index contributed by atoms with van der Waals surface area (Å²) in [4.78, 5) is 6.75. The normalized spacial score (nSPS) is 37.4. The van der Waals surface area contributed by atoms with Gasteiger partial charge in [0, 0.05) is 30.4 Å². The highest BCUT2D eigenvalue weighted by atomic mass is 16.3. The maximum Gasteiger partial charge on any atom is 0.0872 e. The highest BCUT2D eigenvalue weighted by molar-refractivity contribution is 5.32. The monoisotopic (exact) mass is 232 g/mol. The van der Waals surface area contributed by atoms with Crippen molar-refractivity contribution in [2.24, 2.45) is 0 Å². The van der Waals surface area contributed by atoms with Crippen LogP contribution in [0.15, 0.2) is 18.3 Å². The van der Waals surface area contributed by atoms with Crippen molar-refractivity contribution in [1.82, 2.24) is 9.88 Å². The summed E-state index contributed by atoms with van der Waals surface area (Å²) in [5, 5.41) is 10.9. The number of likely N-dealkylation sites (tertiary alicyclic amines) is 1. The maximum absolute atomic E-state index is 10.9. The van der Waals surface area contributed by atoms with E-state index in [2.05, 4.69) is 29.9 Å². The summed E-state index contributed by atoms with van der Waals surface area (Å²) in [6.45, 7) is 2.96. The van der Waals surface area contributed by atoms with Gasteiger partial charge in [-0.05, 0) is 44.9 Å². The zero-order chi connectivity index (χ0) is 12.0. The summed E-state index contributed by atoms with van der Waals surface area (Å²) >= 11 is 0. The Morgan fingerprint density at radius 3 is 3.06 bits per heavy atom. The molecule has 1 fully saturated rings. The number of nitrogens with zero attached hydrogens (tertiary/aromatic N) is 2. The van der Waals surface area contributed by atoms with Crippen molar-refractivity contribution in [2.75, 3.05) is 13.6 Å². The molecule has 3 unspecified atom stereocenters. The van der Waals surface area contributed by atoms with E-state index in [0.717, 1.165) is 31.5 Å². The molecule has 0 bridgehead atoms. The van der Waals surface area contributed by atoms with Gasteiger partial charge in [0.25, 0.3) is 0 Å². The van der Waals surface area contributed by atoms with Gasteiger partial charge in [0.05, 0.1) is 5.60 Å². The molecule has 1 saturated heterocycles. The van der Waals surface area contributed by atoms with E-state index in [-0.39, 0.29) is 5.92 Å². The topological polar surface area (TPSA) is 36.4 Å². The predicted octanol–water partition coefficient (Wildman–Crippen LogP) is 1.57. The quantitative estimate of drug-likeness (QED) is 0.798. The first kappa shape index (κ1) is 11.2. The van der Waals surface area contributed by atoms with Gasteiger partial charge < -0.3 is 10.0 Å². The SMILES string of the molecule is CC1CC(O)(C2CCc3cccnc32)CN1C. The minimum atomic E-state index is -0.576. The van der Waals surface area contributed by atoms with Crippen LogP contribution in [0.2, 0.25) is 0 Å². The van der Waals surface area contributed by atoms with Gasteiger partial charge in [0.15, 0.2) is 0 Å². The summed E-state index contributed by atoms with van der Waals surface area (Å²) in [6, 6.07) is 4.61. The molecule has 1 aromatic rings. The Labute approximate surface area is 102 Å². The number of hydrogen-bond acceptors (Lipinski definition) is 3. The molecule has 3 nitrogen and oxygen atoms in total. The Morgan fingerprint density at radius 2 is 2.35 bits per heavy atom. The van der Waals surface area contributed by atoms with Crippen LogP contribution in [0, 0.1) is 0 Å². The van der Waals surface area contributed by atoms with Crippen LogP contribution >= 0.6 is 0 Å². The first-order valence-corrected chi connectivity index (χ1v) is 6.46. The average molecular weight is 232 g/mol. The van der Waals surface area contributed by atoms with Crippen molar-refractivity contribution < 1.29 is 5.11 Å². The molecule has 1 aromatic heterocycles. The lowest BCUT2D eigenvalue weighted by Gasteiger charge is -2.29. The molecule has 1 aliphatic heterocycles. The van der Waals surface area contributed by atoms with Crippen molar-refractivity contribution >= 4 is 0 Å². The molecule has 2 aliphatic rings. The van der Waals surface area contributed by atoms with Crippen LogP contribution in [0.4, 0.5) is 0 Å². The van der Waals surface area contributed by atoms with E-state index in [0.29, 0.717) is 6.04 Å². The molecule has 1 aliphatic carbocycles. The first-order chi connectivity index (χ1) is 8.10. The minimum Gasteiger partial charge on any atom is -0.388 e. The van der Waals surface area contributed by atoms with Gasteiger partial charge in [-0.15, -0.1) is 0 Å². The lowest BCUT2D eigenvalue weighted by molar-refractivity contribution is 0.0221. The van der Waals surface area contributed by atoms with Gasteiger partial charge in [-0.1, -0.05) is 6.07 Å². The minimum absolute atomic E-state index is 0.228. The number of rotatable bonds is 1. The largest absolute Gasteiger partial charge is 0.388 e. The number of aromatic nitrogens is 1. The Balaban J connectivity index is 1.92. The molecule has 92 valence electrons. The fourth-order valence-electron chi connectivity index (χ4n) is 3.51. The molecular weight excluding hydrogens is 212 g/mol. The lowest BCUT2D eigenvalue weighted by atomic mass is 9.83. The fourth-order valence-corrected chi connectivity index (χ4v) is 3.51. The van der Waals surface area contributed by atoms with Gasteiger partial charge in [0.1, 0.15) is 0 Å². The average Bonchev–Trinajstić information content (AvgIpc) is 2.82. The number of hydrogen-bond donors (Lipinski definition) is 1. The molecule has 0 spiro atoms. The van der Waals surface area contributed by atoms with E-state index in [1.807, 2.05) is 12.3 Å². The molecule has 3 rings (SSSR count). The van der Waals surface area contributed by atoms with Crippen molar-refractivity contribution in [3.05, 3.63) is 29.6 Å².